The molecule has 4 rings (SSSR count). The van der Waals surface area contributed by atoms with Crippen molar-refractivity contribution in [2.75, 3.05) is 19.1 Å². The third-order valence-electron chi connectivity index (χ3n) is 5.73. The maximum atomic E-state index is 13.3. The van der Waals surface area contributed by atoms with Crippen LogP contribution in [0.15, 0.2) is 66.2 Å². The number of methoxy groups -OCH3 is 2. The third kappa shape index (κ3) is 4.98. The van der Waals surface area contributed by atoms with Crippen molar-refractivity contribution < 1.29 is 33.7 Å². The first-order valence-corrected chi connectivity index (χ1v) is 11.7. The molecule has 8 nitrogen and oxygen atoms in total. The first kappa shape index (κ1) is 26.1. The molecule has 1 atom stereocenters. The topological polar surface area (TPSA) is 102 Å². The van der Waals surface area contributed by atoms with Crippen molar-refractivity contribution in [3.8, 4) is 17.2 Å². The van der Waals surface area contributed by atoms with Gasteiger partial charge >= 0.3 is 5.97 Å². The molecule has 0 spiro atoms. The maximum Gasteiger partial charge on any atom is 0.308 e. The molecule has 10 heteroatoms. The Balaban J connectivity index is 1.91. The number of aliphatic hydroxyl groups excluding tert-OH is 1. The van der Waals surface area contributed by atoms with E-state index in [1.165, 1.54) is 50.3 Å². The SMILES string of the molecule is COc1ccc(N2C(=O)C(=O)/C(=C(/O)c3cc(Cl)c(OC)c(Cl)c3)C2c2ccc(OC(C)=O)cc2)cc1. The largest absolute Gasteiger partial charge is 0.507 e. The van der Waals surface area contributed by atoms with Crippen molar-refractivity contribution in [3.63, 3.8) is 0 Å². The fourth-order valence-corrected chi connectivity index (χ4v) is 4.73. The normalized spacial score (nSPS) is 16.6. The molecule has 0 aromatic heterocycles. The van der Waals surface area contributed by atoms with E-state index in [2.05, 4.69) is 0 Å². The van der Waals surface area contributed by atoms with Crippen molar-refractivity contribution in [1.82, 2.24) is 0 Å². The predicted octanol–water partition coefficient (Wildman–Crippen LogP) is 5.56. The van der Waals surface area contributed by atoms with Crippen LogP contribution in [0.1, 0.15) is 24.1 Å². The molecule has 1 aliphatic heterocycles. The summed E-state index contributed by atoms with van der Waals surface area (Å²) in [5, 5.41) is 11.5. The van der Waals surface area contributed by atoms with E-state index in [1.54, 1.807) is 36.4 Å². The second kappa shape index (κ2) is 10.5. The van der Waals surface area contributed by atoms with Gasteiger partial charge in [0.15, 0.2) is 5.75 Å². The number of benzene rings is 3. The summed E-state index contributed by atoms with van der Waals surface area (Å²) in [6.07, 6.45) is 0. The number of aliphatic hydroxyl groups is 1. The highest BCUT2D eigenvalue weighted by Crippen LogP contribution is 2.44. The van der Waals surface area contributed by atoms with Crippen LogP contribution in [0.4, 0.5) is 5.69 Å². The molecule has 190 valence electrons. The Morgan fingerprint density at radius 2 is 1.46 bits per heavy atom. The smallest absolute Gasteiger partial charge is 0.308 e. The lowest BCUT2D eigenvalue weighted by atomic mass is 9.95. The number of carbonyl (C=O) groups excluding carboxylic acids is 3. The van der Waals surface area contributed by atoms with Crippen molar-refractivity contribution in [2.24, 2.45) is 0 Å². The summed E-state index contributed by atoms with van der Waals surface area (Å²) < 4.78 is 15.5. The van der Waals surface area contributed by atoms with Gasteiger partial charge in [-0.05, 0) is 54.1 Å². The molecule has 3 aromatic rings. The minimum atomic E-state index is -1.01. The summed E-state index contributed by atoms with van der Waals surface area (Å²) in [7, 11) is 2.91. The Labute approximate surface area is 222 Å². The van der Waals surface area contributed by atoms with Crippen LogP contribution in [0.3, 0.4) is 0 Å². The van der Waals surface area contributed by atoms with Crippen LogP contribution in [-0.4, -0.2) is 37.0 Å². The average Bonchev–Trinajstić information content (AvgIpc) is 3.13. The zero-order valence-electron chi connectivity index (χ0n) is 20.0. The molecular weight excluding hydrogens is 521 g/mol. The average molecular weight is 542 g/mol. The lowest BCUT2D eigenvalue weighted by Gasteiger charge is -2.25. The summed E-state index contributed by atoms with van der Waals surface area (Å²) in [4.78, 5) is 39.2. The second-order valence-corrected chi connectivity index (χ2v) is 8.82. The molecule has 0 radical (unpaired) electrons. The number of ether oxygens (including phenoxy) is 3. The molecule has 1 fully saturated rings. The Morgan fingerprint density at radius 1 is 0.892 bits per heavy atom. The molecule has 1 unspecified atom stereocenters. The minimum absolute atomic E-state index is 0.114. The van der Waals surface area contributed by atoms with Crippen molar-refractivity contribution in [2.45, 2.75) is 13.0 Å². The van der Waals surface area contributed by atoms with Gasteiger partial charge in [0.25, 0.3) is 11.7 Å². The number of halogens is 2. The highest BCUT2D eigenvalue weighted by atomic mass is 35.5. The standard InChI is InChI=1S/C27H21Cl2NO7/c1-14(31)37-19-8-4-15(5-9-19)23-22(24(32)16-12-20(28)26(36-3)21(29)13-16)25(33)27(34)30(23)17-6-10-18(35-2)11-7-17/h4-13,23,32H,1-3H3/b24-22+. The lowest BCUT2D eigenvalue weighted by Crippen LogP contribution is -2.29. The molecule has 1 amide bonds. The highest BCUT2D eigenvalue weighted by Gasteiger charge is 2.47. The first-order chi connectivity index (χ1) is 17.7. The lowest BCUT2D eigenvalue weighted by molar-refractivity contribution is -0.132. The second-order valence-electron chi connectivity index (χ2n) is 8.00. The van der Waals surface area contributed by atoms with Gasteiger partial charge in [0, 0.05) is 18.2 Å². The Hall–Kier alpha value is -4.01. The van der Waals surface area contributed by atoms with Crippen LogP contribution in [0, 0.1) is 0 Å². The van der Waals surface area contributed by atoms with Crippen LogP contribution >= 0.6 is 23.2 Å². The van der Waals surface area contributed by atoms with Gasteiger partial charge in [0.2, 0.25) is 0 Å². The summed E-state index contributed by atoms with van der Waals surface area (Å²) in [6.45, 7) is 1.28. The molecular formula is C27H21Cl2NO7. The van der Waals surface area contributed by atoms with Crippen molar-refractivity contribution in [1.29, 1.82) is 0 Å². The van der Waals surface area contributed by atoms with Gasteiger partial charge in [0.05, 0.1) is 35.9 Å². The predicted molar refractivity (Wildman–Crippen MR) is 139 cm³/mol. The van der Waals surface area contributed by atoms with Gasteiger partial charge in [-0.3, -0.25) is 19.3 Å². The third-order valence-corrected chi connectivity index (χ3v) is 6.29. The van der Waals surface area contributed by atoms with E-state index in [1.807, 2.05) is 0 Å². The molecule has 1 saturated heterocycles. The molecule has 0 saturated carbocycles. The molecule has 0 bridgehead atoms. The van der Waals surface area contributed by atoms with Crippen molar-refractivity contribution >= 4 is 52.3 Å². The fraction of sp³-hybridized carbons (Fsp3) is 0.148. The number of nitrogens with zero attached hydrogens (tertiary/aromatic N) is 1. The Bertz CT molecular complexity index is 1390. The van der Waals surface area contributed by atoms with Crippen LogP contribution < -0.4 is 19.1 Å². The van der Waals surface area contributed by atoms with E-state index in [9.17, 15) is 19.5 Å². The summed E-state index contributed by atoms with van der Waals surface area (Å²) in [6, 6.07) is 14.6. The molecule has 37 heavy (non-hydrogen) atoms. The summed E-state index contributed by atoms with van der Waals surface area (Å²) >= 11 is 12.5. The Morgan fingerprint density at radius 3 is 1.97 bits per heavy atom. The number of carbonyl (C=O) groups is 3. The van der Waals surface area contributed by atoms with Gasteiger partial charge < -0.3 is 19.3 Å². The quantitative estimate of drug-likeness (QED) is 0.143. The van der Waals surface area contributed by atoms with Gasteiger partial charge in [-0.25, -0.2) is 0 Å². The van der Waals surface area contributed by atoms with E-state index >= 15 is 0 Å². The van der Waals surface area contributed by atoms with Crippen molar-refractivity contribution in [3.05, 3.63) is 87.4 Å². The number of anilines is 1. The number of hydrogen-bond acceptors (Lipinski definition) is 7. The maximum absolute atomic E-state index is 13.3. The van der Waals surface area contributed by atoms with E-state index in [4.69, 9.17) is 37.4 Å². The van der Waals surface area contributed by atoms with Crippen LogP contribution in [0.2, 0.25) is 10.0 Å². The van der Waals surface area contributed by atoms with E-state index in [0.717, 1.165) is 0 Å². The van der Waals surface area contributed by atoms with Crippen LogP contribution in [0.25, 0.3) is 5.76 Å². The van der Waals surface area contributed by atoms with Gasteiger partial charge in [-0.15, -0.1) is 0 Å². The number of amides is 1. The summed E-state index contributed by atoms with van der Waals surface area (Å²) in [5.41, 5.74) is 0.850. The first-order valence-electron chi connectivity index (χ1n) is 10.9. The number of esters is 1. The van der Waals surface area contributed by atoms with E-state index in [-0.39, 0.29) is 32.7 Å². The number of hydrogen-bond donors (Lipinski definition) is 1. The number of ketones is 1. The van der Waals surface area contributed by atoms with Gasteiger partial charge in [0.1, 0.15) is 17.3 Å². The zero-order chi connectivity index (χ0) is 26.9. The monoisotopic (exact) mass is 541 g/mol. The van der Waals surface area contributed by atoms with E-state index < -0.39 is 29.5 Å². The van der Waals surface area contributed by atoms with E-state index in [0.29, 0.717) is 17.0 Å². The number of Topliss-reactive ketones (excluding diaryl/α,β-unsaturated/α-hetero) is 1. The summed E-state index contributed by atoms with van der Waals surface area (Å²) in [5.74, 6) is -1.65. The minimum Gasteiger partial charge on any atom is -0.507 e. The van der Waals surface area contributed by atoms with Crippen LogP contribution in [0.5, 0.6) is 17.2 Å². The van der Waals surface area contributed by atoms with Crippen LogP contribution in [-0.2, 0) is 14.4 Å². The molecule has 1 aliphatic rings. The van der Waals surface area contributed by atoms with Gasteiger partial charge in [-0.2, -0.15) is 0 Å². The molecule has 3 aromatic carbocycles. The highest BCUT2D eigenvalue weighted by molar-refractivity contribution is 6.51. The molecule has 0 aliphatic carbocycles. The number of rotatable bonds is 6. The Kier molecular flexibility index (Phi) is 7.42. The fourth-order valence-electron chi connectivity index (χ4n) is 4.09. The molecule has 1 heterocycles. The zero-order valence-corrected chi connectivity index (χ0v) is 21.5. The molecule has 1 N–H and O–H groups in total. The van der Waals surface area contributed by atoms with Gasteiger partial charge in [-0.1, -0.05) is 35.3 Å².